The number of carboxylic acid groups (broad SMARTS) is 1. The number of anilines is 1. The van der Waals surface area contributed by atoms with E-state index >= 15 is 0 Å². The molecule has 3 N–H and O–H groups in total. The number of benzene rings is 1. The molecular formula is C14H16F2N2O3. The molecule has 2 rings (SSSR count). The molecule has 0 atom stereocenters. The number of nitrogens with one attached hydrogen (secondary N) is 2. The molecule has 0 bridgehead atoms. The quantitative estimate of drug-likeness (QED) is 0.799. The van der Waals surface area contributed by atoms with Crippen LogP contribution in [0.4, 0.5) is 19.3 Å². The van der Waals surface area contributed by atoms with Crippen molar-refractivity contribution in [2.75, 3.05) is 11.9 Å². The van der Waals surface area contributed by atoms with Crippen molar-refractivity contribution in [1.82, 2.24) is 5.32 Å². The Morgan fingerprint density at radius 2 is 1.95 bits per heavy atom. The number of aromatic carboxylic acids is 1. The Morgan fingerprint density at radius 1 is 1.29 bits per heavy atom. The highest BCUT2D eigenvalue weighted by Gasteiger charge is 2.31. The first-order chi connectivity index (χ1) is 9.81. The van der Waals surface area contributed by atoms with Crippen molar-refractivity contribution in [3.63, 3.8) is 0 Å². The molecule has 0 unspecified atom stereocenters. The average Bonchev–Trinajstić information content (AvgIpc) is 2.37. The molecule has 0 spiro atoms. The first-order valence-corrected chi connectivity index (χ1v) is 6.58. The smallest absolute Gasteiger partial charge is 0.338 e. The Bertz CT molecular complexity index is 586. The number of hydrogen-bond acceptors (Lipinski definition) is 2. The Balaban J connectivity index is 2.03. The number of urea groups is 1. The van der Waals surface area contributed by atoms with Gasteiger partial charge in [0.05, 0.1) is 11.3 Å². The zero-order valence-corrected chi connectivity index (χ0v) is 11.5. The third-order valence-corrected chi connectivity index (χ3v) is 3.77. The maximum atomic E-state index is 13.5. The van der Waals surface area contributed by atoms with E-state index in [0.717, 1.165) is 25.3 Å². The molecule has 1 aromatic carbocycles. The Kier molecular flexibility index (Phi) is 4.11. The predicted octanol–water partition coefficient (Wildman–Crippen LogP) is 2.97. The Hall–Kier alpha value is -2.18. The van der Waals surface area contributed by atoms with Crippen LogP contribution in [0.5, 0.6) is 0 Å². The molecule has 0 heterocycles. The number of carbonyl (C=O) groups excluding carboxylic acids is 1. The summed E-state index contributed by atoms with van der Waals surface area (Å²) in [5, 5.41) is 13.6. The van der Waals surface area contributed by atoms with Crippen LogP contribution in [-0.4, -0.2) is 23.7 Å². The second-order valence-electron chi connectivity index (χ2n) is 5.59. The Labute approximate surface area is 120 Å². The van der Waals surface area contributed by atoms with Crippen LogP contribution in [0.1, 0.15) is 36.5 Å². The van der Waals surface area contributed by atoms with Crippen LogP contribution in [0.15, 0.2) is 12.1 Å². The fraction of sp³-hybridized carbons (Fsp3) is 0.429. The molecular weight excluding hydrogens is 282 g/mol. The van der Waals surface area contributed by atoms with Crippen molar-refractivity contribution >= 4 is 17.7 Å². The summed E-state index contributed by atoms with van der Waals surface area (Å²) in [6.07, 6.45) is 3.15. The van der Waals surface area contributed by atoms with Gasteiger partial charge in [-0.3, -0.25) is 0 Å². The lowest BCUT2D eigenvalue weighted by Crippen LogP contribution is -2.41. The molecule has 1 fully saturated rings. The SMILES string of the molecule is CC1(CNC(=O)Nc2cc(C(=O)O)c(F)cc2F)CCC1. The number of rotatable bonds is 4. The van der Waals surface area contributed by atoms with Gasteiger partial charge in [-0.2, -0.15) is 0 Å². The van der Waals surface area contributed by atoms with Gasteiger partial charge in [-0.1, -0.05) is 13.3 Å². The van der Waals surface area contributed by atoms with Gasteiger partial charge in [-0.15, -0.1) is 0 Å². The highest BCUT2D eigenvalue weighted by atomic mass is 19.1. The van der Waals surface area contributed by atoms with E-state index in [9.17, 15) is 18.4 Å². The van der Waals surface area contributed by atoms with Crippen LogP contribution in [-0.2, 0) is 0 Å². The third-order valence-electron chi connectivity index (χ3n) is 3.77. The van der Waals surface area contributed by atoms with Crippen LogP contribution < -0.4 is 10.6 Å². The number of carbonyl (C=O) groups is 2. The van der Waals surface area contributed by atoms with Crippen molar-refractivity contribution in [3.8, 4) is 0 Å². The van der Waals surface area contributed by atoms with Crippen molar-refractivity contribution < 1.29 is 23.5 Å². The molecule has 0 aliphatic heterocycles. The zero-order chi connectivity index (χ0) is 15.6. The summed E-state index contributed by atoms with van der Waals surface area (Å²) in [4.78, 5) is 22.5. The van der Waals surface area contributed by atoms with E-state index in [-0.39, 0.29) is 11.1 Å². The van der Waals surface area contributed by atoms with Gasteiger partial charge in [-0.25, -0.2) is 18.4 Å². The van der Waals surface area contributed by atoms with Gasteiger partial charge in [0.15, 0.2) is 0 Å². The van der Waals surface area contributed by atoms with Gasteiger partial charge < -0.3 is 15.7 Å². The normalized spacial score (nSPS) is 16.0. The molecule has 0 radical (unpaired) electrons. The van der Waals surface area contributed by atoms with Crippen molar-refractivity contribution in [1.29, 1.82) is 0 Å². The lowest BCUT2D eigenvalue weighted by molar-refractivity contribution is 0.0692. The van der Waals surface area contributed by atoms with Gasteiger partial charge in [0.2, 0.25) is 0 Å². The maximum absolute atomic E-state index is 13.5. The third kappa shape index (κ3) is 3.48. The summed E-state index contributed by atoms with van der Waals surface area (Å²) in [5.41, 5.74) is -1.01. The van der Waals surface area contributed by atoms with Crippen LogP contribution in [0.3, 0.4) is 0 Å². The van der Waals surface area contributed by atoms with Crippen LogP contribution in [0, 0.1) is 17.0 Å². The largest absolute Gasteiger partial charge is 0.478 e. The van der Waals surface area contributed by atoms with Crippen molar-refractivity contribution in [2.45, 2.75) is 26.2 Å². The van der Waals surface area contributed by atoms with Crippen LogP contribution >= 0.6 is 0 Å². The van der Waals surface area contributed by atoms with E-state index in [1.165, 1.54) is 0 Å². The van der Waals surface area contributed by atoms with E-state index in [4.69, 9.17) is 5.11 Å². The van der Waals surface area contributed by atoms with E-state index in [1.54, 1.807) is 0 Å². The van der Waals surface area contributed by atoms with Crippen LogP contribution in [0.2, 0.25) is 0 Å². The van der Waals surface area contributed by atoms with Gasteiger partial charge in [0.1, 0.15) is 11.6 Å². The number of carboxylic acids is 1. The molecule has 1 aliphatic rings. The molecule has 7 heteroatoms. The fourth-order valence-corrected chi connectivity index (χ4v) is 2.23. The highest BCUT2D eigenvalue weighted by molar-refractivity contribution is 5.93. The minimum absolute atomic E-state index is 0.0604. The number of halogens is 2. The summed E-state index contributed by atoms with van der Waals surface area (Å²) < 4.78 is 26.8. The minimum Gasteiger partial charge on any atom is -0.478 e. The predicted molar refractivity (Wildman–Crippen MR) is 72.3 cm³/mol. The molecule has 1 aliphatic carbocycles. The second kappa shape index (κ2) is 5.67. The van der Waals surface area contributed by atoms with Crippen LogP contribution in [0.25, 0.3) is 0 Å². The van der Waals surface area contributed by atoms with E-state index in [2.05, 4.69) is 10.6 Å². The molecule has 1 aromatic rings. The summed E-state index contributed by atoms with van der Waals surface area (Å²) in [7, 11) is 0. The molecule has 114 valence electrons. The molecule has 2 amide bonds. The molecule has 21 heavy (non-hydrogen) atoms. The summed E-state index contributed by atoms with van der Waals surface area (Å²) >= 11 is 0. The Morgan fingerprint density at radius 3 is 2.48 bits per heavy atom. The van der Waals surface area contributed by atoms with E-state index < -0.39 is 29.2 Å². The minimum atomic E-state index is -1.53. The lowest BCUT2D eigenvalue weighted by atomic mass is 9.70. The molecule has 1 saturated carbocycles. The average molecular weight is 298 g/mol. The first-order valence-electron chi connectivity index (χ1n) is 6.58. The maximum Gasteiger partial charge on any atom is 0.338 e. The summed E-state index contributed by atoms with van der Waals surface area (Å²) in [5.74, 6) is -3.74. The van der Waals surface area contributed by atoms with E-state index in [0.29, 0.717) is 12.6 Å². The molecule has 0 saturated heterocycles. The van der Waals surface area contributed by atoms with E-state index in [1.807, 2.05) is 6.92 Å². The van der Waals surface area contributed by atoms with Gasteiger partial charge in [-0.05, 0) is 24.3 Å². The molecule has 5 nitrogen and oxygen atoms in total. The second-order valence-corrected chi connectivity index (χ2v) is 5.59. The highest BCUT2D eigenvalue weighted by Crippen LogP contribution is 2.39. The first kappa shape index (κ1) is 15.2. The standard InChI is InChI=1S/C14H16F2N2O3/c1-14(3-2-4-14)7-17-13(21)18-11-5-8(12(19)20)9(15)6-10(11)16/h5-6H,2-4,7H2,1H3,(H,19,20)(H2,17,18,21). The molecule has 0 aromatic heterocycles. The van der Waals surface area contributed by atoms with Gasteiger partial charge in [0.25, 0.3) is 0 Å². The van der Waals surface area contributed by atoms with Gasteiger partial charge in [0, 0.05) is 12.6 Å². The lowest BCUT2D eigenvalue weighted by Gasteiger charge is -2.38. The van der Waals surface area contributed by atoms with Crippen molar-refractivity contribution in [2.24, 2.45) is 5.41 Å². The summed E-state index contributed by atoms with van der Waals surface area (Å²) in [6, 6.07) is 0.550. The summed E-state index contributed by atoms with van der Waals surface area (Å²) in [6.45, 7) is 2.49. The zero-order valence-electron chi connectivity index (χ0n) is 11.5. The monoisotopic (exact) mass is 298 g/mol. The fourth-order valence-electron chi connectivity index (χ4n) is 2.23. The topological polar surface area (TPSA) is 78.4 Å². The number of hydrogen-bond donors (Lipinski definition) is 3. The van der Waals surface area contributed by atoms with Crippen molar-refractivity contribution in [3.05, 3.63) is 29.3 Å². The number of amides is 2. The van der Waals surface area contributed by atoms with Gasteiger partial charge >= 0.3 is 12.0 Å².